The molecular weight excluding hydrogens is 388 g/mol. The summed E-state index contributed by atoms with van der Waals surface area (Å²) < 4.78 is 5.89. The van der Waals surface area contributed by atoms with Gasteiger partial charge in [-0.3, -0.25) is 4.79 Å². The number of pyridine rings is 1. The van der Waals surface area contributed by atoms with Crippen molar-refractivity contribution in [3.8, 4) is 5.75 Å². The smallest absolute Gasteiger partial charge is 0.254 e. The second-order valence-electron chi connectivity index (χ2n) is 7.24. The van der Waals surface area contributed by atoms with Crippen LogP contribution in [0.5, 0.6) is 5.75 Å². The van der Waals surface area contributed by atoms with E-state index >= 15 is 0 Å². The largest absolute Gasteiger partial charge is 0.487 e. The fourth-order valence-corrected chi connectivity index (χ4v) is 3.13. The van der Waals surface area contributed by atoms with Gasteiger partial charge in [-0.2, -0.15) is 10.2 Å². The molecule has 0 aliphatic heterocycles. The van der Waals surface area contributed by atoms with Crippen LogP contribution in [-0.2, 0) is 11.4 Å². The molecule has 0 unspecified atom stereocenters. The van der Waals surface area contributed by atoms with Crippen molar-refractivity contribution in [3.63, 3.8) is 0 Å². The maximum absolute atomic E-state index is 12.6. The minimum Gasteiger partial charge on any atom is -0.487 e. The van der Waals surface area contributed by atoms with E-state index in [0.717, 1.165) is 33.5 Å². The summed E-state index contributed by atoms with van der Waals surface area (Å²) in [6.07, 6.45) is 5.00. The molecule has 0 saturated heterocycles. The lowest BCUT2D eigenvalue weighted by atomic mass is 10.0. The number of aromatic nitrogens is 3. The average molecular weight is 410 g/mol. The second-order valence-corrected chi connectivity index (χ2v) is 7.24. The van der Waals surface area contributed by atoms with Crippen LogP contribution in [0.3, 0.4) is 0 Å². The van der Waals surface area contributed by atoms with Crippen molar-refractivity contribution < 1.29 is 9.53 Å². The highest BCUT2D eigenvalue weighted by Gasteiger charge is 2.14. The van der Waals surface area contributed by atoms with Gasteiger partial charge in [0.15, 0.2) is 0 Å². The molecule has 2 heterocycles. The number of para-hydroxylation sites is 1. The van der Waals surface area contributed by atoms with Crippen molar-refractivity contribution in [2.24, 2.45) is 0 Å². The van der Waals surface area contributed by atoms with Gasteiger partial charge in [0.05, 0.1) is 23.6 Å². The number of benzene rings is 2. The van der Waals surface area contributed by atoms with E-state index in [9.17, 15) is 4.79 Å². The summed E-state index contributed by atoms with van der Waals surface area (Å²) in [7, 11) is 3.45. The summed E-state index contributed by atoms with van der Waals surface area (Å²) >= 11 is 0. The molecule has 0 aliphatic rings. The molecule has 0 aliphatic carbocycles. The Bertz CT molecular complexity index is 1220. The molecule has 154 valence electrons. The number of carbonyl (C=O) groups is 1. The molecular formula is C25H22N4O2. The van der Waals surface area contributed by atoms with Crippen LogP contribution in [0.2, 0.25) is 0 Å². The van der Waals surface area contributed by atoms with Gasteiger partial charge in [-0.25, -0.2) is 4.98 Å². The Kier molecular flexibility index (Phi) is 5.98. The molecule has 0 bridgehead atoms. The molecule has 1 amide bonds. The lowest BCUT2D eigenvalue weighted by Crippen LogP contribution is -2.22. The maximum atomic E-state index is 12.6. The van der Waals surface area contributed by atoms with E-state index < -0.39 is 0 Å². The van der Waals surface area contributed by atoms with Gasteiger partial charge in [0.2, 0.25) is 0 Å². The van der Waals surface area contributed by atoms with Crippen molar-refractivity contribution in [1.29, 1.82) is 0 Å². The van der Waals surface area contributed by atoms with Crippen LogP contribution in [0, 0.1) is 0 Å². The fourth-order valence-electron chi connectivity index (χ4n) is 3.13. The van der Waals surface area contributed by atoms with E-state index in [2.05, 4.69) is 15.2 Å². The molecule has 0 atom stereocenters. The van der Waals surface area contributed by atoms with E-state index in [1.54, 1.807) is 37.5 Å². The monoisotopic (exact) mass is 410 g/mol. The van der Waals surface area contributed by atoms with Crippen LogP contribution in [0.25, 0.3) is 22.6 Å². The topological polar surface area (TPSA) is 68.2 Å². The number of hydrogen-bond acceptors (Lipinski definition) is 5. The molecule has 0 radical (unpaired) electrons. The molecule has 31 heavy (non-hydrogen) atoms. The Balaban J connectivity index is 1.50. The normalized spacial score (nSPS) is 11.4. The second kappa shape index (κ2) is 9.17. The standard InChI is InChI=1S/C25H22N4O2/c1-29(2)25(30)23(20-13-14-26-27-16-20)15-18-7-11-22(12-8-18)31-17-21-10-9-19-5-3-4-6-24(19)28-21/h3-16H,17H2,1-2H3. The fraction of sp³-hybridized carbons (Fsp3) is 0.120. The third-order valence-electron chi connectivity index (χ3n) is 4.77. The van der Waals surface area contributed by atoms with Gasteiger partial charge in [-0.1, -0.05) is 36.4 Å². The molecule has 6 heteroatoms. The summed E-state index contributed by atoms with van der Waals surface area (Å²) in [5, 5.41) is 8.78. The van der Waals surface area contributed by atoms with Gasteiger partial charge in [0.1, 0.15) is 12.4 Å². The molecule has 2 aromatic heterocycles. The third kappa shape index (κ3) is 4.93. The van der Waals surface area contributed by atoms with Crippen molar-refractivity contribution in [2.75, 3.05) is 14.1 Å². The number of carbonyl (C=O) groups excluding carboxylic acids is 1. The van der Waals surface area contributed by atoms with Gasteiger partial charge in [-0.05, 0) is 42.0 Å². The summed E-state index contributed by atoms with van der Waals surface area (Å²) in [6.45, 7) is 0.382. The lowest BCUT2D eigenvalue weighted by Gasteiger charge is -2.13. The Morgan fingerprint density at radius 2 is 1.77 bits per heavy atom. The van der Waals surface area contributed by atoms with Gasteiger partial charge in [0.25, 0.3) is 5.91 Å². The van der Waals surface area contributed by atoms with Crippen molar-refractivity contribution in [2.45, 2.75) is 6.61 Å². The van der Waals surface area contributed by atoms with Crippen LogP contribution in [-0.4, -0.2) is 40.1 Å². The minimum atomic E-state index is -0.101. The molecule has 0 N–H and O–H groups in total. The average Bonchev–Trinajstić information content (AvgIpc) is 2.82. The van der Waals surface area contributed by atoms with Crippen molar-refractivity contribution in [1.82, 2.24) is 20.1 Å². The number of ether oxygens (including phenoxy) is 1. The van der Waals surface area contributed by atoms with Gasteiger partial charge < -0.3 is 9.64 Å². The van der Waals surface area contributed by atoms with E-state index in [1.165, 1.54) is 0 Å². The number of fused-ring (bicyclic) bond motifs is 1. The first-order valence-electron chi connectivity index (χ1n) is 9.88. The van der Waals surface area contributed by atoms with Crippen LogP contribution >= 0.6 is 0 Å². The Hall–Kier alpha value is -4.06. The molecule has 2 aromatic carbocycles. The zero-order chi connectivity index (χ0) is 21.6. The van der Waals surface area contributed by atoms with E-state index in [-0.39, 0.29) is 5.91 Å². The minimum absolute atomic E-state index is 0.101. The van der Waals surface area contributed by atoms with Gasteiger partial charge in [0, 0.05) is 30.6 Å². The first-order valence-corrected chi connectivity index (χ1v) is 9.88. The zero-order valence-electron chi connectivity index (χ0n) is 17.4. The quantitative estimate of drug-likeness (QED) is 0.445. The number of likely N-dealkylation sites (N-methyl/N-ethyl adjacent to an activating group) is 1. The molecule has 4 rings (SSSR count). The molecule has 0 spiro atoms. The van der Waals surface area contributed by atoms with Gasteiger partial charge in [-0.15, -0.1) is 0 Å². The van der Waals surface area contributed by atoms with Crippen molar-refractivity contribution in [3.05, 3.63) is 95.9 Å². The molecule has 6 nitrogen and oxygen atoms in total. The Morgan fingerprint density at radius 1 is 0.968 bits per heavy atom. The summed E-state index contributed by atoms with van der Waals surface area (Å²) in [4.78, 5) is 18.8. The van der Waals surface area contributed by atoms with Gasteiger partial charge >= 0.3 is 0 Å². The zero-order valence-corrected chi connectivity index (χ0v) is 17.4. The van der Waals surface area contributed by atoms with E-state index in [1.807, 2.05) is 66.7 Å². The third-order valence-corrected chi connectivity index (χ3v) is 4.77. The number of amides is 1. The summed E-state index contributed by atoms with van der Waals surface area (Å²) in [5.74, 6) is 0.633. The van der Waals surface area contributed by atoms with Crippen LogP contribution in [0.1, 0.15) is 16.8 Å². The summed E-state index contributed by atoms with van der Waals surface area (Å²) in [6, 6.07) is 21.4. The van der Waals surface area contributed by atoms with Crippen LogP contribution in [0.4, 0.5) is 0 Å². The number of nitrogens with zero attached hydrogens (tertiary/aromatic N) is 4. The first-order chi connectivity index (χ1) is 15.1. The van der Waals surface area contributed by atoms with Crippen molar-refractivity contribution >= 4 is 28.5 Å². The highest BCUT2D eigenvalue weighted by atomic mass is 16.5. The molecule has 0 saturated carbocycles. The lowest BCUT2D eigenvalue weighted by molar-refractivity contribution is -0.122. The predicted molar refractivity (Wildman–Crippen MR) is 121 cm³/mol. The van der Waals surface area contributed by atoms with E-state index in [4.69, 9.17) is 4.74 Å². The Labute approximate surface area is 180 Å². The SMILES string of the molecule is CN(C)C(=O)C(=Cc1ccc(OCc2ccc3ccccc3n2)cc1)c1ccnnc1. The Morgan fingerprint density at radius 3 is 2.52 bits per heavy atom. The van der Waals surface area contributed by atoms with E-state index in [0.29, 0.717) is 12.2 Å². The van der Waals surface area contributed by atoms with Crippen LogP contribution in [0.15, 0.2) is 79.1 Å². The predicted octanol–water partition coefficient (Wildman–Crippen LogP) is 4.23. The highest BCUT2D eigenvalue weighted by molar-refractivity contribution is 6.23. The maximum Gasteiger partial charge on any atom is 0.254 e. The summed E-state index contributed by atoms with van der Waals surface area (Å²) in [5.41, 5.74) is 3.98. The highest BCUT2D eigenvalue weighted by Crippen LogP contribution is 2.22. The molecule has 0 fully saturated rings. The molecule has 4 aromatic rings. The number of hydrogen-bond donors (Lipinski definition) is 0. The van der Waals surface area contributed by atoms with Crippen LogP contribution < -0.4 is 4.74 Å². The number of rotatable bonds is 6. The first kappa shape index (κ1) is 20.2.